The Bertz CT molecular complexity index is 793. The second-order valence-electron chi connectivity index (χ2n) is 7.15. The fourth-order valence-corrected chi connectivity index (χ4v) is 3.82. The van der Waals surface area contributed by atoms with E-state index < -0.39 is 0 Å². The number of hydrogen-bond donors (Lipinski definition) is 1. The Balaban J connectivity index is 1.34. The summed E-state index contributed by atoms with van der Waals surface area (Å²) in [6.45, 7) is 4.90. The molecule has 0 saturated carbocycles. The predicted octanol–water partition coefficient (Wildman–Crippen LogP) is 3.01. The van der Waals surface area contributed by atoms with Gasteiger partial charge in [0.05, 0.1) is 5.52 Å². The number of aromatic nitrogens is 2. The summed E-state index contributed by atoms with van der Waals surface area (Å²) in [5.41, 5.74) is 2.46. The first kappa shape index (κ1) is 18.0. The molecular weight excluding hydrogens is 336 g/mol. The molecule has 142 valence electrons. The molecule has 1 aliphatic heterocycles. The number of rotatable bonds is 8. The van der Waals surface area contributed by atoms with Gasteiger partial charge in [-0.15, -0.1) is 5.10 Å². The van der Waals surface area contributed by atoms with Gasteiger partial charge in [0.1, 0.15) is 6.61 Å². The molecule has 1 saturated heterocycles. The first-order chi connectivity index (χ1) is 13.4. The van der Waals surface area contributed by atoms with Crippen LogP contribution < -0.4 is 10.1 Å². The van der Waals surface area contributed by atoms with E-state index in [0.29, 0.717) is 18.5 Å². The van der Waals surface area contributed by atoms with Gasteiger partial charge in [-0.2, -0.15) is 0 Å². The van der Waals surface area contributed by atoms with Crippen LogP contribution in [0.25, 0.3) is 5.52 Å². The summed E-state index contributed by atoms with van der Waals surface area (Å²) in [5, 5.41) is 7.95. The number of pyridine rings is 1. The molecule has 27 heavy (non-hydrogen) atoms. The predicted molar refractivity (Wildman–Crippen MR) is 108 cm³/mol. The lowest BCUT2D eigenvalue weighted by Gasteiger charge is -2.34. The monoisotopic (exact) mass is 364 g/mol. The fraction of sp³-hybridized carbons (Fsp3) is 0.409. The van der Waals surface area contributed by atoms with Crippen LogP contribution in [0.2, 0.25) is 0 Å². The van der Waals surface area contributed by atoms with Gasteiger partial charge in [-0.1, -0.05) is 36.4 Å². The number of nitrogens with one attached hydrogen (secondary N) is 1. The van der Waals surface area contributed by atoms with Crippen LogP contribution in [0.4, 0.5) is 0 Å². The van der Waals surface area contributed by atoms with Gasteiger partial charge in [-0.05, 0) is 50.0 Å². The lowest BCUT2D eigenvalue weighted by Crippen LogP contribution is -2.45. The van der Waals surface area contributed by atoms with Gasteiger partial charge >= 0.3 is 0 Å². The highest BCUT2D eigenvalue weighted by Gasteiger charge is 2.20. The van der Waals surface area contributed by atoms with Crippen LogP contribution in [0.15, 0.2) is 60.8 Å². The standard InChI is InChI=1S/C22H28N4O/c1-2-6-19(7-3-1)11-15-25(20-9-12-23-13-10-20)16-17-27-22-18-21-8-4-5-14-26(21)24-22/h1-8,14,18,20,23H,9-13,15-17H2. The molecule has 3 aromatic rings. The Morgan fingerprint density at radius 1 is 1.04 bits per heavy atom. The third kappa shape index (κ3) is 4.87. The van der Waals surface area contributed by atoms with Crippen LogP contribution in [0.1, 0.15) is 18.4 Å². The molecule has 0 radical (unpaired) electrons. The lowest BCUT2D eigenvalue weighted by atomic mass is 10.0. The number of piperidine rings is 1. The second kappa shape index (κ2) is 9.02. The quantitative estimate of drug-likeness (QED) is 0.667. The molecule has 1 aliphatic rings. The average Bonchev–Trinajstić information content (AvgIpc) is 3.15. The van der Waals surface area contributed by atoms with Gasteiger partial charge in [-0.25, -0.2) is 4.52 Å². The van der Waals surface area contributed by atoms with E-state index in [4.69, 9.17) is 4.74 Å². The van der Waals surface area contributed by atoms with Crippen molar-refractivity contribution >= 4 is 5.52 Å². The Kier molecular flexibility index (Phi) is 6.02. The molecule has 5 nitrogen and oxygen atoms in total. The molecule has 1 aromatic carbocycles. The summed E-state index contributed by atoms with van der Waals surface area (Å²) in [6.07, 6.45) is 5.45. The number of ether oxygens (including phenoxy) is 1. The largest absolute Gasteiger partial charge is 0.475 e. The first-order valence-corrected chi connectivity index (χ1v) is 9.94. The molecule has 0 spiro atoms. The summed E-state index contributed by atoms with van der Waals surface area (Å²) >= 11 is 0. The van der Waals surface area contributed by atoms with Crippen LogP contribution in [0.3, 0.4) is 0 Å². The molecule has 0 bridgehead atoms. The minimum atomic E-state index is 0.639. The summed E-state index contributed by atoms with van der Waals surface area (Å²) in [7, 11) is 0. The smallest absolute Gasteiger partial charge is 0.233 e. The molecule has 0 amide bonds. The molecular formula is C22H28N4O. The lowest BCUT2D eigenvalue weighted by molar-refractivity contribution is 0.134. The van der Waals surface area contributed by atoms with Crippen molar-refractivity contribution in [1.82, 2.24) is 19.8 Å². The normalized spacial score (nSPS) is 15.4. The summed E-state index contributed by atoms with van der Waals surface area (Å²) in [6, 6.07) is 19.4. The summed E-state index contributed by atoms with van der Waals surface area (Å²) in [4.78, 5) is 2.60. The summed E-state index contributed by atoms with van der Waals surface area (Å²) in [5.74, 6) is 0.703. The fourth-order valence-electron chi connectivity index (χ4n) is 3.82. The van der Waals surface area contributed by atoms with E-state index in [1.165, 1.54) is 18.4 Å². The number of nitrogens with zero attached hydrogens (tertiary/aromatic N) is 3. The average molecular weight is 364 g/mol. The maximum Gasteiger partial charge on any atom is 0.233 e. The zero-order valence-corrected chi connectivity index (χ0v) is 15.8. The first-order valence-electron chi connectivity index (χ1n) is 9.94. The molecule has 1 N–H and O–H groups in total. The van der Waals surface area contributed by atoms with Gasteiger partial charge in [0.15, 0.2) is 0 Å². The van der Waals surface area contributed by atoms with E-state index in [9.17, 15) is 0 Å². The van der Waals surface area contributed by atoms with E-state index in [-0.39, 0.29) is 0 Å². The van der Waals surface area contributed by atoms with Crippen molar-refractivity contribution in [2.45, 2.75) is 25.3 Å². The van der Waals surface area contributed by atoms with Crippen LogP contribution in [0.5, 0.6) is 5.88 Å². The van der Waals surface area contributed by atoms with Crippen molar-refractivity contribution in [3.63, 3.8) is 0 Å². The minimum Gasteiger partial charge on any atom is -0.475 e. The van der Waals surface area contributed by atoms with Gasteiger partial charge < -0.3 is 10.1 Å². The van der Waals surface area contributed by atoms with Crippen LogP contribution in [0, 0.1) is 0 Å². The van der Waals surface area contributed by atoms with Crippen LogP contribution >= 0.6 is 0 Å². The molecule has 5 heteroatoms. The van der Waals surface area contributed by atoms with Crippen molar-refractivity contribution in [3.05, 3.63) is 66.4 Å². The van der Waals surface area contributed by atoms with Crippen molar-refractivity contribution in [2.24, 2.45) is 0 Å². The van der Waals surface area contributed by atoms with Gasteiger partial charge in [0, 0.05) is 31.4 Å². The van der Waals surface area contributed by atoms with Gasteiger partial charge in [0.25, 0.3) is 0 Å². The Morgan fingerprint density at radius 3 is 2.67 bits per heavy atom. The zero-order chi connectivity index (χ0) is 18.3. The molecule has 0 unspecified atom stereocenters. The van der Waals surface area contributed by atoms with Crippen molar-refractivity contribution < 1.29 is 4.74 Å². The molecule has 2 aromatic heterocycles. The molecule has 0 aliphatic carbocycles. The Hall–Kier alpha value is -2.37. The van der Waals surface area contributed by atoms with Crippen molar-refractivity contribution in [2.75, 3.05) is 32.8 Å². The minimum absolute atomic E-state index is 0.639. The Morgan fingerprint density at radius 2 is 1.85 bits per heavy atom. The maximum absolute atomic E-state index is 5.98. The van der Waals surface area contributed by atoms with Crippen LogP contribution in [-0.2, 0) is 6.42 Å². The van der Waals surface area contributed by atoms with E-state index in [2.05, 4.69) is 45.6 Å². The molecule has 0 atom stereocenters. The van der Waals surface area contributed by atoms with E-state index >= 15 is 0 Å². The Labute approximate surface area is 160 Å². The van der Waals surface area contributed by atoms with Gasteiger partial charge in [-0.3, -0.25) is 4.90 Å². The highest BCUT2D eigenvalue weighted by atomic mass is 16.5. The molecule has 3 heterocycles. The third-order valence-electron chi connectivity index (χ3n) is 5.33. The zero-order valence-electron chi connectivity index (χ0n) is 15.8. The summed E-state index contributed by atoms with van der Waals surface area (Å²) < 4.78 is 7.83. The highest BCUT2D eigenvalue weighted by molar-refractivity contribution is 5.48. The van der Waals surface area contributed by atoms with Gasteiger partial charge in [0.2, 0.25) is 5.88 Å². The topological polar surface area (TPSA) is 41.8 Å². The van der Waals surface area contributed by atoms with Crippen molar-refractivity contribution in [3.8, 4) is 5.88 Å². The third-order valence-corrected chi connectivity index (χ3v) is 5.33. The SMILES string of the molecule is c1ccc(CCN(CCOc2cc3ccccn3n2)C2CCNCC2)cc1. The molecule has 1 fully saturated rings. The number of hydrogen-bond acceptors (Lipinski definition) is 4. The maximum atomic E-state index is 5.98. The highest BCUT2D eigenvalue weighted by Crippen LogP contribution is 2.15. The van der Waals surface area contributed by atoms with Crippen LogP contribution in [-0.4, -0.2) is 53.3 Å². The van der Waals surface area contributed by atoms with E-state index in [1.54, 1.807) is 0 Å². The number of benzene rings is 1. The second-order valence-corrected chi connectivity index (χ2v) is 7.15. The molecule has 4 rings (SSSR count). The van der Waals surface area contributed by atoms with E-state index in [0.717, 1.165) is 38.1 Å². The van der Waals surface area contributed by atoms with E-state index in [1.807, 2.05) is 35.0 Å². The number of fused-ring (bicyclic) bond motifs is 1. The van der Waals surface area contributed by atoms with Crippen molar-refractivity contribution in [1.29, 1.82) is 0 Å².